The number of methoxy groups -OCH3 is 2. The minimum Gasteiger partial charge on any atom is -0.545 e. The second-order valence-electron chi connectivity index (χ2n) is 7.37. The van der Waals surface area contributed by atoms with E-state index in [1.54, 1.807) is 19.1 Å². The Labute approximate surface area is 192 Å². The zero-order valence-corrected chi connectivity index (χ0v) is 19.0. The molecule has 1 aliphatic heterocycles. The third kappa shape index (κ3) is 8.24. The first-order chi connectivity index (χ1) is 15.3. The lowest BCUT2D eigenvalue weighted by molar-refractivity contribution is -0.916. The summed E-state index contributed by atoms with van der Waals surface area (Å²) < 4.78 is 10.9. The average Bonchev–Trinajstić information content (AvgIpc) is 2.78. The highest BCUT2D eigenvalue weighted by molar-refractivity contribution is 6.30. The van der Waals surface area contributed by atoms with Gasteiger partial charge in [0.1, 0.15) is 6.54 Å². The summed E-state index contributed by atoms with van der Waals surface area (Å²) in [5, 5.41) is 18.0. The third-order valence-corrected chi connectivity index (χ3v) is 5.42. The number of carbonyl (C=O) groups is 2. The molecule has 172 valence electrons. The summed E-state index contributed by atoms with van der Waals surface area (Å²) in [4.78, 5) is 20.6. The van der Waals surface area contributed by atoms with E-state index in [0.29, 0.717) is 12.2 Å². The Morgan fingerprint density at radius 2 is 1.72 bits per heavy atom. The van der Waals surface area contributed by atoms with Crippen LogP contribution in [0.4, 0.5) is 0 Å². The minimum absolute atomic E-state index is 0.447. The Kier molecular flexibility index (Phi) is 10.0. The van der Waals surface area contributed by atoms with Gasteiger partial charge in [0.05, 0.1) is 33.3 Å². The van der Waals surface area contributed by atoms with Gasteiger partial charge in [-0.2, -0.15) is 0 Å². The number of hydrogen-bond donors (Lipinski definition) is 2. The second-order valence-corrected chi connectivity index (χ2v) is 7.81. The highest BCUT2D eigenvalue weighted by Crippen LogP contribution is 2.31. The van der Waals surface area contributed by atoms with Crippen molar-refractivity contribution in [3.8, 4) is 11.5 Å². The first kappa shape index (κ1) is 25.2. The molecule has 1 heterocycles. The van der Waals surface area contributed by atoms with E-state index in [9.17, 15) is 14.7 Å². The summed E-state index contributed by atoms with van der Waals surface area (Å²) in [6.45, 7) is 3.44. The summed E-state index contributed by atoms with van der Waals surface area (Å²) >= 11 is 5.94. The fraction of sp³-hybridized carbons (Fsp3) is 0.333. The van der Waals surface area contributed by atoms with Crippen LogP contribution in [0.3, 0.4) is 0 Å². The number of ether oxygens (including phenoxy) is 2. The standard InChI is InChI=1S/C20H24ClNO2.C4H4O4/c1-23-19-12-16-9-11-22(14-17(16)13-20(19)24-2)10-3-4-15-5-7-18(21)8-6-15;5-3(6)1-2-4(7)8/h5-8,12-13H,3-4,9-11,14H2,1-2H3;1-2H,(H,5,6)(H,7,8)/b;2-1+. The van der Waals surface area contributed by atoms with Crippen molar-refractivity contribution in [2.75, 3.05) is 27.3 Å². The predicted octanol–water partition coefficient (Wildman–Crippen LogP) is 1.31. The maximum absolute atomic E-state index is 9.53. The van der Waals surface area contributed by atoms with Crippen LogP contribution in [-0.4, -0.2) is 44.4 Å². The van der Waals surface area contributed by atoms with E-state index in [1.807, 2.05) is 12.1 Å². The zero-order chi connectivity index (χ0) is 23.5. The Balaban J connectivity index is 0.000000390. The number of aryl methyl sites for hydroxylation is 1. The van der Waals surface area contributed by atoms with E-state index < -0.39 is 11.9 Å². The van der Waals surface area contributed by atoms with Crippen molar-refractivity contribution in [2.45, 2.75) is 25.8 Å². The average molecular weight is 462 g/mol. The molecule has 2 aromatic carbocycles. The van der Waals surface area contributed by atoms with Crippen LogP contribution in [0, 0.1) is 0 Å². The zero-order valence-electron chi connectivity index (χ0n) is 18.2. The number of carboxylic acid groups (broad SMARTS) is 2. The van der Waals surface area contributed by atoms with Crippen LogP contribution in [-0.2, 0) is 29.0 Å². The van der Waals surface area contributed by atoms with Crippen molar-refractivity contribution in [3.63, 3.8) is 0 Å². The minimum atomic E-state index is -1.51. The van der Waals surface area contributed by atoms with E-state index in [4.69, 9.17) is 26.2 Å². The number of rotatable bonds is 8. The van der Waals surface area contributed by atoms with Crippen molar-refractivity contribution >= 4 is 23.5 Å². The molecule has 0 radical (unpaired) electrons. The number of halogens is 1. The largest absolute Gasteiger partial charge is 0.545 e. The highest BCUT2D eigenvalue weighted by Gasteiger charge is 2.21. The fourth-order valence-corrected chi connectivity index (χ4v) is 3.70. The SMILES string of the molecule is COc1cc2c(cc1OC)C[NH+](CCCc1ccc(Cl)cc1)CC2.O=C([O-])/C=C/C(=O)O. The molecule has 0 saturated carbocycles. The third-order valence-electron chi connectivity index (χ3n) is 5.17. The summed E-state index contributed by atoms with van der Waals surface area (Å²) in [7, 11) is 3.39. The van der Waals surface area contributed by atoms with E-state index in [0.717, 1.165) is 35.9 Å². The number of benzene rings is 2. The fourth-order valence-electron chi connectivity index (χ4n) is 3.58. The normalized spacial score (nSPS) is 14.8. The predicted molar refractivity (Wildman–Crippen MR) is 119 cm³/mol. The van der Waals surface area contributed by atoms with Crippen LogP contribution >= 0.6 is 11.6 Å². The number of carboxylic acids is 2. The lowest BCUT2D eigenvalue weighted by Crippen LogP contribution is -3.11. The molecule has 0 bridgehead atoms. The monoisotopic (exact) mass is 461 g/mol. The van der Waals surface area contributed by atoms with Crippen LogP contribution < -0.4 is 19.5 Å². The maximum Gasteiger partial charge on any atom is 0.328 e. The molecular weight excluding hydrogens is 434 g/mol. The van der Waals surface area contributed by atoms with Gasteiger partial charge in [0.2, 0.25) is 0 Å². The number of aliphatic carboxylic acids is 2. The van der Waals surface area contributed by atoms with Crippen molar-refractivity contribution in [3.05, 3.63) is 70.3 Å². The van der Waals surface area contributed by atoms with Crippen LogP contribution in [0.2, 0.25) is 5.02 Å². The van der Waals surface area contributed by atoms with Gasteiger partial charge in [-0.15, -0.1) is 0 Å². The van der Waals surface area contributed by atoms with Gasteiger partial charge in [-0.05, 0) is 47.9 Å². The van der Waals surface area contributed by atoms with Crippen molar-refractivity contribution in [1.29, 1.82) is 0 Å². The molecule has 0 amide bonds. The quantitative estimate of drug-likeness (QED) is 0.575. The number of carbonyl (C=O) groups excluding carboxylic acids is 1. The summed E-state index contributed by atoms with van der Waals surface area (Å²) in [5.74, 6) is -1.14. The maximum atomic E-state index is 9.53. The highest BCUT2D eigenvalue weighted by atomic mass is 35.5. The summed E-state index contributed by atoms with van der Waals surface area (Å²) in [6, 6.07) is 12.5. The van der Waals surface area contributed by atoms with Gasteiger partial charge in [-0.25, -0.2) is 4.79 Å². The molecule has 2 N–H and O–H groups in total. The molecule has 7 nitrogen and oxygen atoms in total. The van der Waals surface area contributed by atoms with Gasteiger partial charge < -0.3 is 29.4 Å². The number of nitrogens with one attached hydrogen (secondary N) is 1. The molecule has 0 aromatic heterocycles. The van der Waals surface area contributed by atoms with Gasteiger partial charge >= 0.3 is 5.97 Å². The second kappa shape index (κ2) is 12.7. The van der Waals surface area contributed by atoms with Gasteiger partial charge in [0.25, 0.3) is 0 Å². The van der Waals surface area contributed by atoms with Crippen molar-refractivity contribution in [1.82, 2.24) is 0 Å². The van der Waals surface area contributed by atoms with Crippen LogP contribution in [0.25, 0.3) is 0 Å². The summed E-state index contributed by atoms with van der Waals surface area (Å²) in [6.07, 6.45) is 4.35. The van der Waals surface area contributed by atoms with Crippen molar-refractivity contribution < 1.29 is 34.2 Å². The lowest BCUT2D eigenvalue weighted by atomic mass is 9.98. The van der Waals surface area contributed by atoms with Gasteiger partial charge in [0, 0.05) is 29.5 Å². The molecule has 2 aromatic rings. The van der Waals surface area contributed by atoms with E-state index in [1.165, 1.54) is 36.2 Å². The molecule has 8 heteroatoms. The van der Waals surface area contributed by atoms with E-state index >= 15 is 0 Å². The molecule has 0 fully saturated rings. The first-order valence-corrected chi connectivity index (χ1v) is 10.6. The summed E-state index contributed by atoms with van der Waals surface area (Å²) in [5.41, 5.74) is 4.15. The van der Waals surface area contributed by atoms with E-state index in [2.05, 4.69) is 24.3 Å². The van der Waals surface area contributed by atoms with Crippen LogP contribution in [0.5, 0.6) is 11.5 Å². The number of hydrogen-bond acceptors (Lipinski definition) is 5. The first-order valence-electron chi connectivity index (χ1n) is 10.3. The Morgan fingerprint density at radius 1 is 1.09 bits per heavy atom. The molecule has 1 aliphatic rings. The Bertz CT molecular complexity index is 926. The van der Waals surface area contributed by atoms with Gasteiger partial charge in [-0.1, -0.05) is 23.7 Å². The molecule has 32 heavy (non-hydrogen) atoms. The molecule has 1 atom stereocenters. The molecular formula is C24H28ClNO6. The topological polar surface area (TPSA) is 100 Å². The van der Waals surface area contributed by atoms with Crippen LogP contribution in [0.15, 0.2) is 48.6 Å². The number of quaternary nitrogens is 1. The molecule has 3 rings (SSSR count). The van der Waals surface area contributed by atoms with Gasteiger partial charge in [0.15, 0.2) is 11.5 Å². The van der Waals surface area contributed by atoms with Crippen LogP contribution in [0.1, 0.15) is 23.1 Å². The molecule has 0 saturated heterocycles. The Hall–Kier alpha value is -3.03. The molecule has 0 spiro atoms. The Morgan fingerprint density at radius 3 is 2.25 bits per heavy atom. The lowest BCUT2D eigenvalue weighted by Gasteiger charge is -2.27. The van der Waals surface area contributed by atoms with E-state index in [-0.39, 0.29) is 0 Å². The van der Waals surface area contributed by atoms with Crippen molar-refractivity contribution in [2.24, 2.45) is 0 Å². The molecule has 0 aliphatic carbocycles. The smallest absolute Gasteiger partial charge is 0.328 e. The van der Waals surface area contributed by atoms with Gasteiger partial charge in [-0.3, -0.25) is 0 Å². The number of fused-ring (bicyclic) bond motifs is 1. The molecule has 1 unspecified atom stereocenters.